The summed E-state index contributed by atoms with van der Waals surface area (Å²) in [6, 6.07) is 19.6. The number of nitrogens with one attached hydrogen (secondary N) is 2. The molecule has 33 heavy (non-hydrogen) atoms. The van der Waals surface area contributed by atoms with Gasteiger partial charge < -0.3 is 14.8 Å². The van der Waals surface area contributed by atoms with Gasteiger partial charge in [-0.2, -0.15) is 0 Å². The number of para-hydroxylation sites is 1. The maximum atomic E-state index is 12.7. The number of anilines is 2. The molecule has 174 valence electrons. The van der Waals surface area contributed by atoms with Crippen molar-refractivity contribution >= 4 is 27.3 Å². The summed E-state index contributed by atoms with van der Waals surface area (Å²) in [6.07, 6.45) is 0. The van der Waals surface area contributed by atoms with Crippen LogP contribution in [0.4, 0.5) is 11.4 Å². The third kappa shape index (κ3) is 6.73. The van der Waals surface area contributed by atoms with E-state index in [9.17, 15) is 13.2 Å². The highest BCUT2D eigenvalue weighted by molar-refractivity contribution is 7.92. The van der Waals surface area contributed by atoms with Gasteiger partial charge in [-0.05, 0) is 73.5 Å². The van der Waals surface area contributed by atoms with Crippen molar-refractivity contribution in [3.8, 4) is 11.5 Å². The normalized spacial score (nSPS) is 11.2. The molecule has 3 rings (SSSR count). The van der Waals surface area contributed by atoms with Crippen LogP contribution in [0.1, 0.15) is 31.1 Å². The summed E-state index contributed by atoms with van der Waals surface area (Å²) in [5, 5.41) is 2.78. The number of ether oxygens (including phenoxy) is 2. The van der Waals surface area contributed by atoms with Gasteiger partial charge in [-0.3, -0.25) is 9.52 Å². The van der Waals surface area contributed by atoms with Crippen molar-refractivity contribution < 1.29 is 22.7 Å². The Bertz CT molecular complexity index is 1170. The van der Waals surface area contributed by atoms with Crippen LogP contribution in [0.15, 0.2) is 77.7 Å². The van der Waals surface area contributed by atoms with E-state index >= 15 is 0 Å². The summed E-state index contributed by atoms with van der Waals surface area (Å²) < 4.78 is 39.0. The predicted molar refractivity (Wildman–Crippen MR) is 130 cm³/mol. The van der Waals surface area contributed by atoms with Crippen molar-refractivity contribution in [2.75, 3.05) is 23.3 Å². The number of benzene rings is 3. The molecule has 0 aromatic heterocycles. The lowest BCUT2D eigenvalue weighted by Crippen LogP contribution is -2.15. The second kappa shape index (κ2) is 10.9. The molecule has 0 atom stereocenters. The maximum absolute atomic E-state index is 12.7. The van der Waals surface area contributed by atoms with Gasteiger partial charge in [0, 0.05) is 11.4 Å². The Morgan fingerprint density at radius 3 is 2.15 bits per heavy atom. The number of sulfonamides is 1. The lowest BCUT2D eigenvalue weighted by Gasteiger charge is -2.13. The monoisotopic (exact) mass is 468 g/mol. The molecule has 7 nitrogen and oxygen atoms in total. The minimum Gasteiger partial charge on any atom is -0.494 e. The highest BCUT2D eigenvalue weighted by atomic mass is 32.2. The van der Waals surface area contributed by atoms with E-state index in [-0.39, 0.29) is 10.8 Å². The van der Waals surface area contributed by atoms with Crippen LogP contribution in [0.25, 0.3) is 0 Å². The van der Waals surface area contributed by atoms with Gasteiger partial charge in [0.25, 0.3) is 15.9 Å². The molecule has 0 fully saturated rings. The summed E-state index contributed by atoms with van der Waals surface area (Å²) in [5.74, 6) is 1.16. The van der Waals surface area contributed by atoms with Crippen molar-refractivity contribution in [2.24, 2.45) is 5.92 Å². The lowest BCUT2D eigenvalue weighted by molar-refractivity contribution is 0.102. The third-order valence-corrected chi connectivity index (χ3v) is 5.94. The molecule has 1 amide bonds. The Hall–Kier alpha value is -3.52. The van der Waals surface area contributed by atoms with E-state index in [1.807, 2.05) is 26.8 Å². The van der Waals surface area contributed by atoms with E-state index in [1.54, 1.807) is 54.6 Å². The lowest BCUT2D eigenvalue weighted by atomic mass is 10.1. The van der Waals surface area contributed by atoms with Crippen molar-refractivity contribution in [3.05, 3.63) is 78.4 Å². The molecular weight excluding hydrogens is 440 g/mol. The van der Waals surface area contributed by atoms with Gasteiger partial charge in [-0.15, -0.1) is 0 Å². The highest BCUT2D eigenvalue weighted by Crippen LogP contribution is 2.23. The van der Waals surface area contributed by atoms with Crippen LogP contribution in [0.2, 0.25) is 0 Å². The number of hydrogen-bond donors (Lipinski definition) is 2. The van der Waals surface area contributed by atoms with Gasteiger partial charge in [0.15, 0.2) is 0 Å². The fourth-order valence-corrected chi connectivity index (χ4v) is 4.01. The summed E-state index contributed by atoms with van der Waals surface area (Å²) in [5.41, 5.74) is 1.31. The number of rotatable bonds is 10. The maximum Gasteiger partial charge on any atom is 0.261 e. The topological polar surface area (TPSA) is 93.7 Å². The molecule has 0 aliphatic heterocycles. The van der Waals surface area contributed by atoms with Crippen LogP contribution in [-0.4, -0.2) is 27.5 Å². The van der Waals surface area contributed by atoms with E-state index in [1.165, 1.54) is 12.1 Å². The van der Waals surface area contributed by atoms with Crippen molar-refractivity contribution in [1.82, 2.24) is 0 Å². The molecule has 0 spiro atoms. The van der Waals surface area contributed by atoms with Crippen LogP contribution >= 0.6 is 0 Å². The van der Waals surface area contributed by atoms with Crippen LogP contribution in [0, 0.1) is 5.92 Å². The number of carbonyl (C=O) groups is 1. The van der Waals surface area contributed by atoms with E-state index in [0.29, 0.717) is 47.6 Å². The van der Waals surface area contributed by atoms with Crippen molar-refractivity contribution in [1.29, 1.82) is 0 Å². The van der Waals surface area contributed by atoms with Crippen molar-refractivity contribution in [3.63, 3.8) is 0 Å². The average Bonchev–Trinajstić information content (AvgIpc) is 2.79. The molecular formula is C25H28N2O5S. The molecule has 3 aromatic carbocycles. The van der Waals surface area contributed by atoms with Gasteiger partial charge in [0.1, 0.15) is 11.5 Å². The molecule has 0 unspecified atom stereocenters. The van der Waals surface area contributed by atoms with Crippen LogP contribution in [-0.2, 0) is 10.0 Å². The van der Waals surface area contributed by atoms with E-state index in [2.05, 4.69) is 10.0 Å². The van der Waals surface area contributed by atoms with E-state index in [0.717, 1.165) is 0 Å². The zero-order valence-corrected chi connectivity index (χ0v) is 19.7. The first kappa shape index (κ1) is 24.1. The van der Waals surface area contributed by atoms with Crippen LogP contribution in [0.5, 0.6) is 11.5 Å². The predicted octanol–water partition coefficient (Wildman–Crippen LogP) is 5.17. The van der Waals surface area contributed by atoms with Gasteiger partial charge in [-0.1, -0.05) is 26.0 Å². The summed E-state index contributed by atoms with van der Waals surface area (Å²) in [4.78, 5) is 12.8. The SMILES string of the molecule is CCOc1ccc(NS(=O)(=O)c2ccc(NC(=O)c3ccccc3OCC(C)C)cc2)cc1. The summed E-state index contributed by atoms with van der Waals surface area (Å²) >= 11 is 0. The molecule has 0 aliphatic rings. The molecule has 0 saturated heterocycles. The number of carbonyl (C=O) groups excluding carboxylic acids is 1. The molecule has 0 heterocycles. The Morgan fingerprint density at radius 2 is 1.52 bits per heavy atom. The average molecular weight is 469 g/mol. The Morgan fingerprint density at radius 1 is 0.879 bits per heavy atom. The Balaban J connectivity index is 1.68. The second-order valence-electron chi connectivity index (χ2n) is 7.74. The van der Waals surface area contributed by atoms with Crippen LogP contribution in [0.3, 0.4) is 0 Å². The minimum atomic E-state index is -3.78. The fourth-order valence-electron chi connectivity index (χ4n) is 2.95. The molecule has 3 aromatic rings. The largest absolute Gasteiger partial charge is 0.494 e. The number of hydrogen-bond acceptors (Lipinski definition) is 5. The summed E-state index contributed by atoms with van der Waals surface area (Å²) in [7, 11) is -3.78. The van der Waals surface area contributed by atoms with Gasteiger partial charge in [0.05, 0.1) is 23.7 Å². The molecule has 8 heteroatoms. The van der Waals surface area contributed by atoms with Gasteiger partial charge >= 0.3 is 0 Å². The smallest absolute Gasteiger partial charge is 0.261 e. The van der Waals surface area contributed by atoms with E-state index in [4.69, 9.17) is 9.47 Å². The number of amides is 1. The minimum absolute atomic E-state index is 0.0788. The first-order valence-corrected chi connectivity index (χ1v) is 12.2. The fraction of sp³-hybridized carbons (Fsp3) is 0.240. The first-order valence-electron chi connectivity index (χ1n) is 10.7. The second-order valence-corrected chi connectivity index (χ2v) is 9.42. The van der Waals surface area contributed by atoms with Crippen LogP contribution < -0.4 is 19.5 Å². The van der Waals surface area contributed by atoms with Gasteiger partial charge in [-0.25, -0.2) is 8.42 Å². The zero-order chi connectivity index (χ0) is 23.8. The Labute approximate surface area is 194 Å². The van der Waals surface area contributed by atoms with Crippen molar-refractivity contribution in [2.45, 2.75) is 25.7 Å². The standard InChI is InChI=1S/C25H28N2O5S/c1-4-31-21-13-9-20(10-14-21)27-33(29,30)22-15-11-19(12-16-22)26-25(28)23-7-5-6-8-24(23)32-17-18(2)3/h5-16,18,27H,4,17H2,1-3H3,(H,26,28). The van der Waals surface area contributed by atoms with E-state index < -0.39 is 10.0 Å². The quantitative estimate of drug-likeness (QED) is 0.428. The first-order chi connectivity index (χ1) is 15.8. The Kier molecular flexibility index (Phi) is 7.95. The molecule has 0 bridgehead atoms. The molecule has 2 N–H and O–H groups in total. The zero-order valence-electron chi connectivity index (χ0n) is 18.9. The van der Waals surface area contributed by atoms with Gasteiger partial charge in [0.2, 0.25) is 0 Å². The third-order valence-electron chi connectivity index (χ3n) is 4.54. The highest BCUT2D eigenvalue weighted by Gasteiger charge is 2.16. The summed E-state index contributed by atoms with van der Waals surface area (Å²) in [6.45, 7) is 6.97. The molecule has 0 saturated carbocycles. The molecule has 0 radical (unpaired) electrons. The molecule has 0 aliphatic carbocycles.